The van der Waals surface area contributed by atoms with Gasteiger partial charge >= 0.3 is 5.82 Å². The fraction of sp³-hybridized carbons (Fsp3) is 0.500. The number of aromatic nitrogens is 2. The number of nitrogens with zero attached hydrogens (tertiary/aromatic N) is 3. The van der Waals surface area contributed by atoms with Crippen LogP contribution in [0, 0.1) is 10.1 Å². The molecule has 0 aromatic carbocycles. The van der Waals surface area contributed by atoms with Crippen molar-refractivity contribution in [2.75, 3.05) is 0 Å². The van der Waals surface area contributed by atoms with Crippen molar-refractivity contribution < 1.29 is 4.92 Å². The summed E-state index contributed by atoms with van der Waals surface area (Å²) in [5, 5.41) is 14.2. The zero-order valence-corrected chi connectivity index (χ0v) is 7.69. The van der Waals surface area contributed by atoms with Gasteiger partial charge in [0.2, 0.25) is 0 Å². The third-order valence-corrected chi connectivity index (χ3v) is 2.32. The Hall–Kier alpha value is -0.910. The molecule has 1 aromatic rings. The molecule has 2 rings (SSSR count). The molecule has 1 heterocycles. The summed E-state index contributed by atoms with van der Waals surface area (Å²) < 4.78 is 2.11. The Bertz CT molecular complexity index is 332. The summed E-state index contributed by atoms with van der Waals surface area (Å²) in [5.41, 5.74) is 0. The summed E-state index contributed by atoms with van der Waals surface area (Å²) >= 11 is 3.09. The highest BCUT2D eigenvalue weighted by Crippen LogP contribution is 2.36. The second-order valence-electron chi connectivity index (χ2n) is 2.77. The molecule has 1 aliphatic rings. The number of hydrogen-bond acceptors (Lipinski definition) is 3. The molecule has 64 valence electrons. The Morgan fingerprint density at radius 1 is 1.75 bits per heavy atom. The molecule has 0 radical (unpaired) electrons. The molecule has 1 fully saturated rings. The first-order valence-electron chi connectivity index (χ1n) is 3.57. The highest BCUT2D eigenvalue weighted by Gasteiger charge is 2.30. The van der Waals surface area contributed by atoms with E-state index in [2.05, 4.69) is 21.0 Å². The van der Waals surface area contributed by atoms with E-state index >= 15 is 0 Å². The van der Waals surface area contributed by atoms with Crippen LogP contribution in [0.1, 0.15) is 18.9 Å². The minimum Gasteiger partial charge on any atom is -0.358 e. The lowest BCUT2D eigenvalue weighted by Crippen LogP contribution is -1.95. The van der Waals surface area contributed by atoms with Gasteiger partial charge in [-0.1, -0.05) is 0 Å². The Balaban J connectivity index is 2.36. The molecule has 0 N–H and O–H groups in total. The molecule has 1 aromatic heterocycles. The van der Waals surface area contributed by atoms with Gasteiger partial charge in [-0.15, -0.1) is 0 Å². The number of rotatable bonds is 2. The van der Waals surface area contributed by atoms with Crippen molar-refractivity contribution in [2.45, 2.75) is 18.9 Å². The first-order valence-corrected chi connectivity index (χ1v) is 4.37. The molecule has 0 aliphatic heterocycles. The molecule has 0 atom stereocenters. The van der Waals surface area contributed by atoms with E-state index in [1.165, 1.54) is 0 Å². The van der Waals surface area contributed by atoms with Crippen molar-refractivity contribution in [3.63, 3.8) is 0 Å². The zero-order chi connectivity index (χ0) is 8.72. The van der Waals surface area contributed by atoms with E-state index in [1.807, 2.05) is 0 Å². The van der Waals surface area contributed by atoms with Crippen LogP contribution in [0.5, 0.6) is 0 Å². The van der Waals surface area contributed by atoms with Gasteiger partial charge in [-0.3, -0.25) is 0 Å². The minimum absolute atomic E-state index is 0.0955. The Kier molecular flexibility index (Phi) is 1.64. The molecule has 6 heteroatoms. The van der Waals surface area contributed by atoms with E-state index in [4.69, 9.17) is 0 Å². The summed E-state index contributed by atoms with van der Waals surface area (Å²) in [6, 6.07) is 0.384. The monoisotopic (exact) mass is 231 g/mol. The second kappa shape index (κ2) is 2.55. The molecule has 0 amide bonds. The van der Waals surface area contributed by atoms with Crippen LogP contribution in [-0.2, 0) is 0 Å². The average molecular weight is 232 g/mol. The van der Waals surface area contributed by atoms with Gasteiger partial charge in [0.25, 0.3) is 0 Å². The van der Waals surface area contributed by atoms with E-state index in [-0.39, 0.29) is 5.82 Å². The smallest absolute Gasteiger partial charge is 0.358 e. The maximum absolute atomic E-state index is 10.4. The van der Waals surface area contributed by atoms with Crippen LogP contribution < -0.4 is 0 Å². The summed E-state index contributed by atoms with van der Waals surface area (Å²) in [5.74, 6) is -0.0955. The largest absolute Gasteiger partial charge is 0.404 e. The lowest BCUT2D eigenvalue weighted by atomic mass is 10.6. The number of halogens is 1. The first-order chi connectivity index (χ1) is 5.68. The van der Waals surface area contributed by atoms with Crippen LogP contribution in [0.4, 0.5) is 5.82 Å². The molecule has 0 saturated heterocycles. The van der Waals surface area contributed by atoms with Crippen molar-refractivity contribution in [2.24, 2.45) is 0 Å². The van der Waals surface area contributed by atoms with Crippen molar-refractivity contribution in [1.82, 2.24) is 9.78 Å². The number of nitro groups is 1. The van der Waals surface area contributed by atoms with E-state index in [1.54, 1.807) is 10.9 Å². The normalized spacial score (nSPS) is 16.4. The second-order valence-corrected chi connectivity index (χ2v) is 3.62. The molecule has 1 saturated carbocycles. The van der Waals surface area contributed by atoms with Gasteiger partial charge in [-0.05, 0) is 33.7 Å². The topological polar surface area (TPSA) is 61.0 Å². The number of hydrogen-bond donors (Lipinski definition) is 0. The maximum atomic E-state index is 10.4. The fourth-order valence-electron chi connectivity index (χ4n) is 1.01. The van der Waals surface area contributed by atoms with Crippen LogP contribution in [0.25, 0.3) is 0 Å². The van der Waals surface area contributed by atoms with Crippen LogP contribution in [0.15, 0.2) is 10.7 Å². The predicted molar refractivity (Wildman–Crippen MR) is 44.9 cm³/mol. The Morgan fingerprint density at radius 3 is 2.83 bits per heavy atom. The maximum Gasteiger partial charge on any atom is 0.404 e. The van der Waals surface area contributed by atoms with Gasteiger partial charge in [-0.25, -0.2) is 0 Å². The van der Waals surface area contributed by atoms with Gasteiger partial charge in [0.05, 0.1) is 17.3 Å². The SMILES string of the molecule is O=[N+]([O-])c1nn(C2CC2)cc1Br. The van der Waals surface area contributed by atoms with Crippen molar-refractivity contribution >= 4 is 21.7 Å². The van der Waals surface area contributed by atoms with Crippen molar-refractivity contribution in [1.29, 1.82) is 0 Å². The molecule has 0 spiro atoms. The third-order valence-electron chi connectivity index (χ3n) is 1.76. The lowest BCUT2D eigenvalue weighted by Gasteiger charge is -1.86. The molecular weight excluding hydrogens is 226 g/mol. The molecule has 0 bridgehead atoms. The zero-order valence-electron chi connectivity index (χ0n) is 6.11. The molecule has 12 heavy (non-hydrogen) atoms. The van der Waals surface area contributed by atoms with E-state index in [9.17, 15) is 10.1 Å². The molecule has 0 unspecified atom stereocenters. The van der Waals surface area contributed by atoms with Crippen LogP contribution in [0.3, 0.4) is 0 Å². The van der Waals surface area contributed by atoms with Gasteiger partial charge in [-0.2, -0.15) is 4.68 Å². The lowest BCUT2D eigenvalue weighted by molar-refractivity contribution is -0.390. The van der Waals surface area contributed by atoms with Crippen molar-refractivity contribution in [3.05, 3.63) is 20.8 Å². The van der Waals surface area contributed by atoms with Gasteiger partial charge < -0.3 is 10.1 Å². The summed E-state index contributed by atoms with van der Waals surface area (Å²) in [6.07, 6.45) is 3.81. The highest BCUT2D eigenvalue weighted by molar-refractivity contribution is 9.10. The summed E-state index contributed by atoms with van der Waals surface area (Å²) in [4.78, 5) is 9.89. The standard InChI is InChI=1S/C6H6BrN3O2/c7-5-3-9(4-1-2-4)8-6(5)10(11)12/h3-4H,1-2H2. The molecular formula is C6H6BrN3O2. The fourth-order valence-corrected chi connectivity index (χ4v) is 1.44. The summed E-state index contributed by atoms with van der Waals surface area (Å²) in [6.45, 7) is 0. The van der Waals surface area contributed by atoms with Gasteiger partial charge in [0.15, 0.2) is 0 Å². The highest BCUT2D eigenvalue weighted by atomic mass is 79.9. The quantitative estimate of drug-likeness (QED) is 0.577. The van der Waals surface area contributed by atoms with E-state index in [0.717, 1.165) is 12.8 Å². The van der Waals surface area contributed by atoms with Gasteiger partial charge in [0, 0.05) is 0 Å². The van der Waals surface area contributed by atoms with Crippen LogP contribution >= 0.6 is 15.9 Å². The average Bonchev–Trinajstić information content (AvgIpc) is 2.75. The van der Waals surface area contributed by atoms with E-state index < -0.39 is 4.92 Å². The molecule has 5 nitrogen and oxygen atoms in total. The van der Waals surface area contributed by atoms with Crippen LogP contribution in [0.2, 0.25) is 0 Å². The molecule has 1 aliphatic carbocycles. The van der Waals surface area contributed by atoms with Crippen molar-refractivity contribution in [3.8, 4) is 0 Å². The van der Waals surface area contributed by atoms with Crippen LogP contribution in [-0.4, -0.2) is 14.7 Å². The Labute approximate surface area is 76.6 Å². The third kappa shape index (κ3) is 1.22. The Morgan fingerprint density at radius 2 is 2.42 bits per heavy atom. The van der Waals surface area contributed by atoms with Gasteiger partial charge in [0.1, 0.15) is 4.47 Å². The van der Waals surface area contributed by atoms with E-state index in [0.29, 0.717) is 10.5 Å². The minimum atomic E-state index is -0.483. The first kappa shape index (κ1) is 7.72. The predicted octanol–water partition coefficient (Wildman–Crippen LogP) is 1.89. The summed E-state index contributed by atoms with van der Waals surface area (Å²) in [7, 11) is 0.